The van der Waals surface area contributed by atoms with Crippen molar-refractivity contribution >= 4 is 28.2 Å². The highest BCUT2D eigenvalue weighted by atomic mass is 16.2. The summed E-state index contributed by atoms with van der Waals surface area (Å²) in [5.74, 6) is 0.156. The molecule has 0 unspecified atom stereocenters. The van der Waals surface area contributed by atoms with E-state index in [1.807, 2.05) is 66.6 Å². The average molecular weight is 417 g/mol. The van der Waals surface area contributed by atoms with E-state index in [9.17, 15) is 4.79 Å². The first-order valence-electron chi connectivity index (χ1n) is 11.1. The highest BCUT2D eigenvalue weighted by Gasteiger charge is 2.15. The second kappa shape index (κ2) is 11.2. The second-order valence-corrected chi connectivity index (χ2v) is 7.36. The van der Waals surface area contributed by atoms with Crippen LogP contribution in [0, 0.1) is 0 Å². The zero-order valence-corrected chi connectivity index (χ0v) is 18.7. The Morgan fingerprint density at radius 2 is 1.71 bits per heavy atom. The van der Waals surface area contributed by atoms with Gasteiger partial charge in [-0.05, 0) is 44.0 Å². The van der Waals surface area contributed by atoms with Crippen LogP contribution in [-0.4, -0.2) is 40.4 Å². The molecule has 0 aliphatic carbocycles. The number of fused-ring (bicyclic) bond motifs is 1. The van der Waals surface area contributed by atoms with Crippen molar-refractivity contribution in [2.24, 2.45) is 0 Å². The lowest BCUT2D eigenvalue weighted by molar-refractivity contribution is -0.130. The smallest absolute Gasteiger partial charge is 0.226 e. The fourth-order valence-corrected chi connectivity index (χ4v) is 3.68. The number of pyridine rings is 1. The predicted octanol–water partition coefficient (Wildman–Crippen LogP) is 5.57. The Bertz CT molecular complexity index is 1010. The molecule has 0 aliphatic rings. The SMILES string of the molecule is CCCN(CC)C(=O)C/C=C(/c1ccccc1)N(CC)Nc1ccnc2ccccc12. The second-order valence-electron chi connectivity index (χ2n) is 7.36. The largest absolute Gasteiger partial charge is 0.343 e. The zero-order valence-electron chi connectivity index (χ0n) is 18.7. The molecule has 2 aromatic carbocycles. The van der Waals surface area contributed by atoms with Gasteiger partial charge >= 0.3 is 0 Å². The minimum absolute atomic E-state index is 0.156. The molecule has 5 heteroatoms. The van der Waals surface area contributed by atoms with E-state index in [2.05, 4.69) is 47.5 Å². The molecule has 0 spiro atoms. The van der Waals surface area contributed by atoms with Crippen LogP contribution in [-0.2, 0) is 4.79 Å². The molecule has 0 fully saturated rings. The fourth-order valence-electron chi connectivity index (χ4n) is 3.68. The van der Waals surface area contributed by atoms with Gasteiger partial charge in [-0.25, -0.2) is 0 Å². The van der Waals surface area contributed by atoms with Crippen LogP contribution in [0.4, 0.5) is 5.69 Å². The molecule has 0 radical (unpaired) electrons. The van der Waals surface area contributed by atoms with E-state index >= 15 is 0 Å². The van der Waals surface area contributed by atoms with Crippen molar-refractivity contribution in [2.45, 2.75) is 33.6 Å². The number of hydrogen-bond donors (Lipinski definition) is 1. The minimum atomic E-state index is 0.156. The fraction of sp³-hybridized carbons (Fsp3) is 0.308. The summed E-state index contributed by atoms with van der Waals surface area (Å²) in [7, 11) is 0. The van der Waals surface area contributed by atoms with Crippen molar-refractivity contribution in [3.63, 3.8) is 0 Å². The molecule has 5 nitrogen and oxygen atoms in total. The number of nitrogens with one attached hydrogen (secondary N) is 1. The van der Waals surface area contributed by atoms with E-state index in [0.29, 0.717) is 6.42 Å². The number of para-hydroxylation sites is 1. The number of carbonyl (C=O) groups excluding carboxylic acids is 1. The summed E-state index contributed by atoms with van der Waals surface area (Å²) in [6, 6.07) is 20.3. The molecule has 0 saturated carbocycles. The standard InChI is InChI=1S/C26H32N4O/c1-4-20-29(5-2)26(31)17-16-25(21-12-8-7-9-13-21)30(6-3)28-24-18-19-27-23-15-11-10-14-22(23)24/h7-16,18-19H,4-6,17,20H2,1-3H3,(H,27,28)/b25-16-. The summed E-state index contributed by atoms with van der Waals surface area (Å²) in [5.41, 5.74) is 7.56. The minimum Gasteiger partial charge on any atom is -0.343 e. The molecule has 0 bridgehead atoms. The van der Waals surface area contributed by atoms with Gasteiger partial charge in [-0.15, -0.1) is 0 Å². The number of aromatic nitrogens is 1. The molecule has 3 aromatic rings. The summed E-state index contributed by atoms with van der Waals surface area (Å²) in [5, 5.41) is 3.16. The van der Waals surface area contributed by atoms with E-state index in [1.165, 1.54) is 0 Å². The topological polar surface area (TPSA) is 48.5 Å². The Balaban J connectivity index is 1.92. The van der Waals surface area contributed by atoms with Crippen LogP contribution < -0.4 is 5.43 Å². The molecule has 1 N–H and O–H groups in total. The molecule has 1 amide bonds. The first-order chi connectivity index (χ1) is 15.2. The van der Waals surface area contributed by atoms with Gasteiger partial charge in [-0.2, -0.15) is 0 Å². The van der Waals surface area contributed by atoms with E-state index in [4.69, 9.17) is 0 Å². The van der Waals surface area contributed by atoms with Gasteiger partial charge in [0.25, 0.3) is 0 Å². The highest BCUT2D eigenvalue weighted by molar-refractivity contribution is 5.91. The number of amides is 1. The molecule has 0 saturated heterocycles. The number of nitrogens with zero attached hydrogens (tertiary/aromatic N) is 3. The molecule has 162 valence electrons. The van der Waals surface area contributed by atoms with Gasteiger partial charge in [0.05, 0.1) is 16.9 Å². The van der Waals surface area contributed by atoms with Crippen molar-refractivity contribution in [1.29, 1.82) is 0 Å². The number of anilines is 1. The number of hydrazine groups is 1. The summed E-state index contributed by atoms with van der Waals surface area (Å²) in [4.78, 5) is 19.2. The third-order valence-electron chi connectivity index (χ3n) is 5.28. The molecular weight excluding hydrogens is 384 g/mol. The summed E-state index contributed by atoms with van der Waals surface area (Å²) in [6.45, 7) is 8.50. The first kappa shape index (κ1) is 22.3. The lowest BCUT2D eigenvalue weighted by Gasteiger charge is -2.29. The van der Waals surface area contributed by atoms with Crippen LogP contribution in [0.3, 0.4) is 0 Å². The molecule has 1 heterocycles. The predicted molar refractivity (Wildman–Crippen MR) is 129 cm³/mol. The van der Waals surface area contributed by atoms with E-state index in [1.54, 1.807) is 0 Å². The van der Waals surface area contributed by atoms with Crippen molar-refractivity contribution in [3.8, 4) is 0 Å². The van der Waals surface area contributed by atoms with Gasteiger partial charge in [0.1, 0.15) is 0 Å². The molecule has 0 atom stereocenters. The van der Waals surface area contributed by atoms with Gasteiger partial charge in [0.15, 0.2) is 0 Å². The quantitative estimate of drug-likeness (QED) is 0.439. The van der Waals surface area contributed by atoms with Gasteiger partial charge in [0.2, 0.25) is 5.91 Å². The Hall–Kier alpha value is -3.34. The van der Waals surface area contributed by atoms with E-state index in [0.717, 1.165) is 53.9 Å². The first-order valence-corrected chi connectivity index (χ1v) is 11.1. The molecular formula is C26H32N4O. The Labute approximate surface area is 185 Å². The summed E-state index contributed by atoms with van der Waals surface area (Å²) < 4.78 is 0. The van der Waals surface area contributed by atoms with Crippen LogP contribution in [0.1, 0.15) is 39.2 Å². The summed E-state index contributed by atoms with van der Waals surface area (Å²) >= 11 is 0. The van der Waals surface area contributed by atoms with Crippen LogP contribution >= 0.6 is 0 Å². The van der Waals surface area contributed by atoms with Gasteiger partial charge in [0, 0.05) is 37.6 Å². The van der Waals surface area contributed by atoms with Crippen LogP contribution in [0.2, 0.25) is 0 Å². The third-order valence-corrected chi connectivity index (χ3v) is 5.28. The molecule has 1 aromatic heterocycles. The van der Waals surface area contributed by atoms with Crippen LogP contribution in [0.5, 0.6) is 0 Å². The van der Waals surface area contributed by atoms with Gasteiger partial charge in [-0.3, -0.25) is 20.2 Å². The molecule has 3 rings (SSSR count). The third kappa shape index (κ3) is 5.63. The Morgan fingerprint density at radius 3 is 2.42 bits per heavy atom. The monoisotopic (exact) mass is 416 g/mol. The maximum absolute atomic E-state index is 12.8. The van der Waals surface area contributed by atoms with Gasteiger partial charge < -0.3 is 4.90 Å². The van der Waals surface area contributed by atoms with Gasteiger partial charge in [-0.1, -0.05) is 55.5 Å². The Morgan fingerprint density at radius 1 is 0.968 bits per heavy atom. The maximum atomic E-state index is 12.8. The van der Waals surface area contributed by atoms with Crippen LogP contribution in [0.25, 0.3) is 16.6 Å². The normalized spacial score (nSPS) is 11.4. The maximum Gasteiger partial charge on any atom is 0.226 e. The lowest BCUT2D eigenvalue weighted by atomic mass is 10.1. The lowest BCUT2D eigenvalue weighted by Crippen LogP contribution is -2.32. The molecule has 31 heavy (non-hydrogen) atoms. The highest BCUT2D eigenvalue weighted by Crippen LogP contribution is 2.26. The molecule has 0 aliphatic heterocycles. The number of carbonyl (C=O) groups is 1. The van der Waals surface area contributed by atoms with Crippen molar-refractivity contribution in [2.75, 3.05) is 25.1 Å². The van der Waals surface area contributed by atoms with E-state index < -0.39 is 0 Å². The Kier molecular flexibility index (Phi) is 8.05. The van der Waals surface area contributed by atoms with Crippen LogP contribution in [0.15, 0.2) is 72.9 Å². The zero-order chi connectivity index (χ0) is 22.1. The number of rotatable bonds is 10. The number of benzene rings is 2. The van der Waals surface area contributed by atoms with Crippen molar-refractivity contribution in [1.82, 2.24) is 14.9 Å². The summed E-state index contributed by atoms with van der Waals surface area (Å²) in [6.07, 6.45) is 5.19. The van der Waals surface area contributed by atoms with Crippen molar-refractivity contribution < 1.29 is 4.79 Å². The average Bonchev–Trinajstić information content (AvgIpc) is 2.82. The van der Waals surface area contributed by atoms with E-state index in [-0.39, 0.29) is 5.91 Å². The van der Waals surface area contributed by atoms with Crippen molar-refractivity contribution in [3.05, 3.63) is 78.5 Å². The number of hydrogen-bond acceptors (Lipinski definition) is 4.